The number of anilines is 2. The Morgan fingerprint density at radius 1 is 0.839 bits per heavy atom. The zero-order valence-electron chi connectivity index (χ0n) is 18.3. The van der Waals surface area contributed by atoms with Gasteiger partial charge in [0.25, 0.3) is 5.91 Å². The third-order valence-electron chi connectivity index (χ3n) is 5.29. The maximum absolute atomic E-state index is 13.1. The van der Waals surface area contributed by atoms with E-state index in [-0.39, 0.29) is 5.91 Å². The SMILES string of the molecule is COC(=O)c1ccc(N2CCCCC2)c(NC(=O)c2cc(OC)c(OC)c(OC)c2)c1. The van der Waals surface area contributed by atoms with Gasteiger partial charge in [0, 0.05) is 18.7 Å². The third-order valence-corrected chi connectivity index (χ3v) is 5.29. The first-order valence-electron chi connectivity index (χ1n) is 10.1. The van der Waals surface area contributed by atoms with Gasteiger partial charge < -0.3 is 29.2 Å². The van der Waals surface area contributed by atoms with Crippen LogP contribution in [0, 0.1) is 0 Å². The summed E-state index contributed by atoms with van der Waals surface area (Å²) in [6.45, 7) is 1.79. The number of amides is 1. The molecule has 1 aliphatic heterocycles. The Labute approximate surface area is 182 Å². The quantitative estimate of drug-likeness (QED) is 0.672. The van der Waals surface area contributed by atoms with Gasteiger partial charge in [-0.3, -0.25) is 4.79 Å². The van der Waals surface area contributed by atoms with Crippen LogP contribution in [0.25, 0.3) is 0 Å². The number of methoxy groups -OCH3 is 4. The molecule has 31 heavy (non-hydrogen) atoms. The Morgan fingerprint density at radius 2 is 1.48 bits per heavy atom. The van der Waals surface area contributed by atoms with Crippen molar-refractivity contribution in [1.29, 1.82) is 0 Å². The molecule has 1 amide bonds. The predicted octanol–water partition coefficient (Wildman–Crippen LogP) is 3.74. The van der Waals surface area contributed by atoms with Crippen molar-refractivity contribution in [2.45, 2.75) is 19.3 Å². The zero-order valence-corrected chi connectivity index (χ0v) is 18.3. The molecule has 1 heterocycles. The topological polar surface area (TPSA) is 86.3 Å². The molecule has 0 aromatic heterocycles. The highest BCUT2D eigenvalue weighted by Gasteiger charge is 2.21. The molecule has 8 nitrogen and oxygen atoms in total. The molecule has 0 bridgehead atoms. The zero-order chi connectivity index (χ0) is 22.4. The van der Waals surface area contributed by atoms with Gasteiger partial charge in [-0.25, -0.2) is 4.79 Å². The first-order valence-corrected chi connectivity index (χ1v) is 10.1. The van der Waals surface area contributed by atoms with Crippen LogP contribution in [-0.2, 0) is 4.74 Å². The fraction of sp³-hybridized carbons (Fsp3) is 0.391. The number of nitrogens with one attached hydrogen (secondary N) is 1. The fourth-order valence-corrected chi connectivity index (χ4v) is 3.70. The summed E-state index contributed by atoms with van der Waals surface area (Å²) in [6.07, 6.45) is 3.35. The summed E-state index contributed by atoms with van der Waals surface area (Å²) in [4.78, 5) is 27.4. The molecule has 0 aliphatic carbocycles. The Morgan fingerprint density at radius 3 is 2.03 bits per heavy atom. The highest BCUT2D eigenvalue weighted by Crippen LogP contribution is 2.38. The largest absolute Gasteiger partial charge is 0.493 e. The van der Waals surface area contributed by atoms with E-state index in [0.29, 0.717) is 34.1 Å². The number of piperidine rings is 1. The number of rotatable bonds is 7. The van der Waals surface area contributed by atoms with E-state index in [0.717, 1.165) is 31.6 Å². The van der Waals surface area contributed by atoms with Crippen LogP contribution in [-0.4, -0.2) is 53.4 Å². The number of ether oxygens (including phenoxy) is 4. The van der Waals surface area contributed by atoms with Crippen molar-refractivity contribution in [1.82, 2.24) is 0 Å². The normalized spacial score (nSPS) is 13.4. The second-order valence-corrected chi connectivity index (χ2v) is 7.14. The monoisotopic (exact) mass is 428 g/mol. The number of nitrogens with zero attached hydrogens (tertiary/aromatic N) is 1. The number of esters is 1. The maximum atomic E-state index is 13.1. The van der Waals surface area contributed by atoms with Crippen molar-refractivity contribution in [3.8, 4) is 17.2 Å². The summed E-state index contributed by atoms with van der Waals surface area (Å²) < 4.78 is 20.9. The molecule has 8 heteroatoms. The van der Waals surface area contributed by atoms with Crippen LogP contribution in [0.2, 0.25) is 0 Å². The highest BCUT2D eigenvalue weighted by molar-refractivity contribution is 6.07. The number of hydrogen-bond acceptors (Lipinski definition) is 7. The van der Waals surface area contributed by atoms with Crippen molar-refractivity contribution in [2.24, 2.45) is 0 Å². The lowest BCUT2D eigenvalue weighted by Gasteiger charge is -2.30. The summed E-state index contributed by atoms with van der Waals surface area (Å²) >= 11 is 0. The van der Waals surface area contributed by atoms with Crippen LogP contribution >= 0.6 is 0 Å². The number of hydrogen-bond donors (Lipinski definition) is 1. The van der Waals surface area contributed by atoms with E-state index < -0.39 is 5.97 Å². The molecule has 1 N–H and O–H groups in total. The second-order valence-electron chi connectivity index (χ2n) is 7.14. The lowest BCUT2D eigenvalue weighted by molar-refractivity contribution is 0.0600. The summed E-state index contributed by atoms with van der Waals surface area (Å²) in [7, 11) is 5.82. The molecule has 0 unspecified atom stereocenters. The van der Waals surface area contributed by atoms with E-state index in [4.69, 9.17) is 18.9 Å². The van der Waals surface area contributed by atoms with E-state index in [1.807, 2.05) is 6.07 Å². The molecule has 0 saturated carbocycles. The Kier molecular flexibility index (Phi) is 7.23. The molecule has 166 valence electrons. The molecule has 1 fully saturated rings. The van der Waals surface area contributed by atoms with Gasteiger partial charge in [-0.15, -0.1) is 0 Å². The minimum absolute atomic E-state index is 0.336. The van der Waals surface area contributed by atoms with E-state index >= 15 is 0 Å². The Hall–Kier alpha value is -3.42. The van der Waals surface area contributed by atoms with Crippen LogP contribution < -0.4 is 24.4 Å². The number of carbonyl (C=O) groups is 2. The fourth-order valence-electron chi connectivity index (χ4n) is 3.70. The first kappa shape index (κ1) is 22.3. The third kappa shape index (κ3) is 4.84. The van der Waals surface area contributed by atoms with Gasteiger partial charge in [0.05, 0.1) is 45.4 Å². The summed E-state index contributed by atoms with van der Waals surface area (Å²) in [5, 5.41) is 2.94. The van der Waals surface area contributed by atoms with E-state index in [2.05, 4.69) is 10.2 Å². The summed E-state index contributed by atoms with van der Waals surface area (Å²) in [5.74, 6) is 0.342. The van der Waals surface area contributed by atoms with Crippen LogP contribution in [0.15, 0.2) is 30.3 Å². The van der Waals surface area contributed by atoms with E-state index in [9.17, 15) is 9.59 Å². The second kappa shape index (κ2) is 10.1. The van der Waals surface area contributed by atoms with Gasteiger partial charge >= 0.3 is 5.97 Å². The molecule has 0 radical (unpaired) electrons. The summed E-state index contributed by atoms with van der Waals surface area (Å²) in [6, 6.07) is 8.38. The van der Waals surface area contributed by atoms with E-state index in [1.54, 1.807) is 24.3 Å². The molecule has 3 rings (SSSR count). The number of benzene rings is 2. The van der Waals surface area contributed by atoms with Crippen LogP contribution in [0.4, 0.5) is 11.4 Å². The Bertz CT molecular complexity index is 928. The van der Waals surface area contributed by atoms with Crippen LogP contribution in [0.1, 0.15) is 40.0 Å². The average molecular weight is 428 g/mol. The molecule has 1 saturated heterocycles. The molecule has 1 aliphatic rings. The predicted molar refractivity (Wildman–Crippen MR) is 118 cm³/mol. The van der Waals surface area contributed by atoms with Crippen molar-refractivity contribution in [3.05, 3.63) is 41.5 Å². The molecule has 2 aromatic rings. The van der Waals surface area contributed by atoms with Crippen molar-refractivity contribution in [3.63, 3.8) is 0 Å². The van der Waals surface area contributed by atoms with Gasteiger partial charge in [0.2, 0.25) is 5.75 Å². The Balaban J connectivity index is 1.98. The summed E-state index contributed by atoms with van der Waals surface area (Å²) in [5.41, 5.74) is 2.11. The van der Waals surface area contributed by atoms with Gasteiger partial charge in [-0.1, -0.05) is 0 Å². The van der Waals surface area contributed by atoms with Crippen LogP contribution in [0.3, 0.4) is 0 Å². The van der Waals surface area contributed by atoms with Gasteiger partial charge in [0.15, 0.2) is 11.5 Å². The smallest absolute Gasteiger partial charge is 0.337 e. The average Bonchev–Trinajstić information content (AvgIpc) is 2.82. The molecular weight excluding hydrogens is 400 g/mol. The molecule has 0 atom stereocenters. The van der Waals surface area contributed by atoms with Gasteiger partial charge in [-0.05, 0) is 49.6 Å². The minimum Gasteiger partial charge on any atom is -0.493 e. The van der Waals surface area contributed by atoms with Crippen molar-refractivity contribution in [2.75, 3.05) is 51.7 Å². The molecule has 0 spiro atoms. The first-order chi connectivity index (χ1) is 15.0. The lowest BCUT2D eigenvalue weighted by atomic mass is 10.1. The van der Waals surface area contributed by atoms with Crippen molar-refractivity contribution >= 4 is 23.3 Å². The lowest BCUT2D eigenvalue weighted by Crippen LogP contribution is -2.30. The van der Waals surface area contributed by atoms with Gasteiger partial charge in [0.1, 0.15) is 0 Å². The highest BCUT2D eigenvalue weighted by atomic mass is 16.5. The van der Waals surface area contributed by atoms with Crippen molar-refractivity contribution < 1.29 is 28.5 Å². The molecular formula is C23H28N2O6. The van der Waals surface area contributed by atoms with Crippen LogP contribution in [0.5, 0.6) is 17.2 Å². The minimum atomic E-state index is -0.464. The van der Waals surface area contributed by atoms with E-state index in [1.165, 1.54) is 34.9 Å². The standard InChI is InChI=1S/C23H28N2O6/c1-28-19-13-16(14-20(29-2)21(19)30-3)22(26)24-17-12-15(23(27)31-4)8-9-18(17)25-10-6-5-7-11-25/h8-9,12-14H,5-7,10-11H2,1-4H3,(H,24,26). The van der Waals surface area contributed by atoms with Gasteiger partial charge in [-0.2, -0.15) is 0 Å². The molecule has 2 aromatic carbocycles. The number of carbonyl (C=O) groups excluding carboxylic acids is 2. The maximum Gasteiger partial charge on any atom is 0.337 e.